The van der Waals surface area contributed by atoms with Gasteiger partial charge in [-0.05, 0) is 38.9 Å². The van der Waals surface area contributed by atoms with Crippen molar-refractivity contribution in [3.63, 3.8) is 0 Å². The monoisotopic (exact) mass is 190 g/mol. The highest BCUT2D eigenvalue weighted by atomic mass is 32.2. The normalized spacial score (nSPS) is 24.2. The summed E-state index contributed by atoms with van der Waals surface area (Å²) >= 11 is 0. The molecule has 2 N–H and O–H groups in total. The first-order chi connectivity index (χ1) is 5.74. The van der Waals surface area contributed by atoms with Crippen molar-refractivity contribution in [2.75, 3.05) is 19.6 Å². The first kappa shape index (κ1) is 10.2. The summed E-state index contributed by atoms with van der Waals surface area (Å²) in [6.45, 7) is 5.50. The summed E-state index contributed by atoms with van der Waals surface area (Å²) in [7, 11) is -1.10. The summed E-state index contributed by atoms with van der Waals surface area (Å²) in [5, 5.41) is 5.59. The molecule has 1 heterocycles. The molecule has 0 aromatic heterocycles. The first-order valence-electron chi connectivity index (χ1n) is 4.61. The van der Waals surface area contributed by atoms with Crippen LogP contribution in [0.1, 0.15) is 26.2 Å². The SMILES string of the molecule is CCCN1CCC(S(N)=O)CC1. The maximum atomic E-state index is 10.9. The third-order valence-corrected chi connectivity index (χ3v) is 3.53. The third-order valence-electron chi connectivity index (χ3n) is 2.40. The van der Waals surface area contributed by atoms with Gasteiger partial charge in [-0.15, -0.1) is 0 Å². The Morgan fingerprint density at radius 2 is 2.08 bits per heavy atom. The van der Waals surface area contributed by atoms with Gasteiger partial charge in [-0.2, -0.15) is 0 Å². The largest absolute Gasteiger partial charge is 0.303 e. The lowest BCUT2D eigenvalue weighted by atomic mass is 10.1. The van der Waals surface area contributed by atoms with Gasteiger partial charge in [0.25, 0.3) is 0 Å². The van der Waals surface area contributed by atoms with E-state index < -0.39 is 11.0 Å². The summed E-state index contributed by atoms with van der Waals surface area (Å²) < 4.78 is 10.9. The summed E-state index contributed by atoms with van der Waals surface area (Å²) in [6.07, 6.45) is 3.21. The van der Waals surface area contributed by atoms with Gasteiger partial charge in [-0.3, -0.25) is 5.14 Å². The Morgan fingerprint density at radius 1 is 1.50 bits per heavy atom. The van der Waals surface area contributed by atoms with Gasteiger partial charge in [-0.1, -0.05) is 6.92 Å². The Bertz CT molecular complexity index is 155. The van der Waals surface area contributed by atoms with Gasteiger partial charge in [0.05, 0.1) is 16.2 Å². The number of likely N-dealkylation sites (tertiary alicyclic amines) is 1. The second kappa shape index (κ2) is 4.94. The maximum Gasteiger partial charge on any atom is 0.0920 e. The van der Waals surface area contributed by atoms with Crippen LogP contribution in [0.5, 0.6) is 0 Å². The number of piperidine rings is 1. The Hall–Kier alpha value is 0.0700. The highest BCUT2D eigenvalue weighted by Crippen LogP contribution is 2.13. The van der Waals surface area contributed by atoms with Crippen LogP contribution in [0.3, 0.4) is 0 Å². The topological polar surface area (TPSA) is 46.3 Å². The molecule has 0 spiro atoms. The van der Waals surface area contributed by atoms with Crippen LogP contribution >= 0.6 is 0 Å². The van der Waals surface area contributed by atoms with Gasteiger partial charge in [0.15, 0.2) is 0 Å². The third kappa shape index (κ3) is 2.84. The molecule has 0 radical (unpaired) electrons. The van der Waals surface area contributed by atoms with Crippen LogP contribution in [0.25, 0.3) is 0 Å². The Balaban J connectivity index is 2.25. The molecular weight excluding hydrogens is 172 g/mol. The van der Waals surface area contributed by atoms with E-state index in [9.17, 15) is 4.21 Å². The molecule has 4 heteroatoms. The van der Waals surface area contributed by atoms with Gasteiger partial charge >= 0.3 is 0 Å². The van der Waals surface area contributed by atoms with E-state index in [1.54, 1.807) is 0 Å². The van der Waals surface area contributed by atoms with Crippen molar-refractivity contribution < 1.29 is 4.21 Å². The number of nitrogens with two attached hydrogens (primary N) is 1. The average molecular weight is 190 g/mol. The van der Waals surface area contributed by atoms with Gasteiger partial charge in [0.2, 0.25) is 0 Å². The lowest BCUT2D eigenvalue weighted by Gasteiger charge is -2.30. The molecule has 0 saturated carbocycles. The van der Waals surface area contributed by atoms with E-state index in [2.05, 4.69) is 11.8 Å². The van der Waals surface area contributed by atoms with Gasteiger partial charge in [0, 0.05) is 0 Å². The molecule has 1 saturated heterocycles. The quantitative estimate of drug-likeness (QED) is 0.704. The molecule has 1 rings (SSSR count). The Kier molecular flexibility index (Phi) is 4.18. The van der Waals surface area contributed by atoms with Crippen LogP contribution in [-0.2, 0) is 11.0 Å². The zero-order valence-corrected chi connectivity index (χ0v) is 8.48. The van der Waals surface area contributed by atoms with Crippen LogP contribution in [-0.4, -0.2) is 34.0 Å². The molecule has 0 aliphatic carbocycles. The average Bonchev–Trinajstić information content (AvgIpc) is 2.06. The van der Waals surface area contributed by atoms with Crippen LogP contribution in [0, 0.1) is 0 Å². The molecule has 12 heavy (non-hydrogen) atoms. The Labute approximate surface area is 76.9 Å². The fourth-order valence-corrected chi connectivity index (χ4v) is 2.36. The highest BCUT2D eigenvalue weighted by Gasteiger charge is 2.21. The van der Waals surface area contributed by atoms with Gasteiger partial charge in [-0.25, -0.2) is 4.21 Å². The van der Waals surface area contributed by atoms with E-state index in [1.165, 1.54) is 13.0 Å². The zero-order valence-electron chi connectivity index (χ0n) is 7.66. The van der Waals surface area contributed by atoms with Gasteiger partial charge in [0.1, 0.15) is 0 Å². The van der Waals surface area contributed by atoms with Crippen molar-refractivity contribution in [1.29, 1.82) is 0 Å². The number of rotatable bonds is 3. The Morgan fingerprint density at radius 3 is 2.50 bits per heavy atom. The molecule has 1 unspecified atom stereocenters. The molecule has 3 nitrogen and oxygen atoms in total. The van der Waals surface area contributed by atoms with Crippen molar-refractivity contribution in [2.45, 2.75) is 31.4 Å². The molecule has 1 aliphatic heterocycles. The van der Waals surface area contributed by atoms with Crippen LogP contribution in [0.15, 0.2) is 0 Å². The molecule has 0 aromatic rings. The maximum absolute atomic E-state index is 10.9. The minimum atomic E-state index is -1.10. The van der Waals surface area contributed by atoms with E-state index >= 15 is 0 Å². The van der Waals surface area contributed by atoms with Gasteiger partial charge < -0.3 is 4.90 Å². The van der Waals surface area contributed by atoms with Crippen LogP contribution in [0.2, 0.25) is 0 Å². The summed E-state index contributed by atoms with van der Waals surface area (Å²) in [5.74, 6) is 0. The van der Waals surface area contributed by atoms with Crippen LogP contribution in [0.4, 0.5) is 0 Å². The molecule has 0 aromatic carbocycles. The minimum absolute atomic E-state index is 0.248. The molecule has 1 fully saturated rings. The molecular formula is C8H18N2OS. The van der Waals surface area contributed by atoms with E-state index in [1.807, 2.05) is 0 Å². The zero-order chi connectivity index (χ0) is 8.97. The lowest BCUT2D eigenvalue weighted by molar-refractivity contribution is 0.232. The highest BCUT2D eigenvalue weighted by molar-refractivity contribution is 7.83. The predicted octanol–water partition coefficient (Wildman–Crippen LogP) is 0.483. The van der Waals surface area contributed by atoms with E-state index in [4.69, 9.17) is 5.14 Å². The van der Waals surface area contributed by atoms with Crippen molar-refractivity contribution >= 4 is 11.0 Å². The fourth-order valence-electron chi connectivity index (χ4n) is 1.68. The summed E-state index contributed by atoms with van der Waals surface area (Å²) in [4.78, 5) is 2.42. The van der Waals surface area contributed by atoms with E-state index in [0.29, 0.717) is 0 Å². The summed E-state index contributed by atoms with van der Waals surface area (Å²) in [5.41, 5.74) is 0. The van der Waals surface area contributed by atoms with Crippen molar-refractivity contribution in [2.24, 2.45) is 5.14 Å². The second-order valence-corrected chi connectivity index (χ2v) is 4.69. The van der Waals surface area contributed by atoms with Crippen molar-refractivity contribution in [1.82, 2.24) is 4.90 Å². The predicted molar refractivity (Wildman–Crippen MR) is 52.1 cm³/mol. The van der Waals surface area contributed by atoms with Crippen LogP contribution < -0.4 is 5.14 Å². The fraction of sp³-hybridized carbons (Fsp3) is 1.00. The first-order valence-corrected chi connectivity index (χ1v) is 5.89. The minimum Gasteiger partial charge on any atom is -0.303 e. The van der Waals surface area contributed by atoms with Crippen molar-refractivity contribution in [3.8, 4) is 0 Å². The number of hydrogen-bond donors (Lipinski definition) is 1. The van der Waals surface area contributed by atoms with Crippen molar-refractivity contribution in [3.05, 3.63) is 0 Å². The van der Waals surface area contributed by atoms with E-state index in [-0.39, 0.29) is 5.25 Å². The standard InChI is InChI=1S/C8H18N2OS/c1-2-5-10-6-3-8(4-7-10)12(9)11/h8H,2-7,9H2,1H3. The summed E-state index contributed by atoms with van der Waals surface area (Å²) in [6, 6.07) is 0. The van der Waals surface area contributed by atoms with E-state index in [0.717, 1.165) is 25.9 Å². The molecule has 0 amide bonds. The molecule has 0 bridgehead atoms. The lowest BCUT2D eigenvalue weighted by Crippen LogP contribution is -2.39. The molecule has 72 valence electrons. The number of hydrogen-bond acceptors (Lipinski definition) is 2. The molecule has 1 atom stereocenters. The smallest absolute Gasteiger partial charge is 0.0920 e. The number of nitrogens with zero attached hydrogens (tertiary/aromatic N) is 1. The molecule has 1 aliphatic rings. The second-order valence-electron chi connectivity index (χ2n) is 3.37.